The highest BCUT2D eigenvalue weighted by molar-refractivity contribution is 7.09. The van der Waals surface area contributed by atoms with E-state index in [1.54, 1.807) is 17.5 Å². The number of carbonyl (C=O) groups is 1. The molecule has 4 heteroatoms. The molecule has 1 heterocycles. The number of rotatable bonds is 3. The van der Waals surface area contributed by atoms with Gasteiger partial charge in [-0.05, 0) is 38.0 Å². The molecule has 0 aliphatic heterocycles. The first-order chi connectivity index (χ1) is 7.74. The third-order valence-corrected chi connectivity index (χ3v) is 4.75. The van der Waals surface area contributed by atoms with Gasteiger partial charge in [0.2, 0.25) is 5.91 Å². The van der Waals surface area contributed by atoms with E-state index >= 15 is 0 Å². The number of nitrogens with one attached hydrogen (secondary N) is 1. The predicted molar refractivity (Wildman–Crippen MR) is 63.0 cm³/mol. The van der Waals surface area contributed by atoms with Crippen molar-refractivity contribution >= 4 is 17.2 Å². The summed E-state index contributed by atoms with van der Waals surface area (Å²) >= 11 is 1.60. The molecule has 2 fully saturated rings. The van der Waals surface area contributed by atoms with Gasteiger partial charge in [-0.3, -0.25) is 4.79 Å². The average molecular weight is 236 g/mol. The molecule has 3 unspecified atom stereocenters. The molecule has 2 aliphatic carbocycles. The first kappa shape index (κ1) is 10.3. The van der Waals surface area contributed by atoms with Crippen LogP contribution in [0.2, 0.25) is 0 Å². The minimum atomic E-state index is 0.0597. The molecule has 0 radical (unpaired) electrons. The van der Waals surface area contributed by atoms with Gasteiger partial charge in [-0.2, -0.15) is 0 Å². The lowest BCUT2D eigenvalue weighted by atomic mass is 10.0. The van der Waals surface area contributed by atoms with E-state index in [0.29, 0.717) is 0 Å². The highest BCUT2D eigenvalue weighted by Crippen LogP contribution is 2.54. The van der Waals surface area contributed by atoms with Crippen LogP contribution in [0.25, 0.3) is 0 Å². The summed E-state index contributed by atoms with van der Waals surface area (Å²) < 4.78 is 0. The summed E-state index contributed by atoms with van der Waals surface area (Å²) in [6.45, 7) is 2.01. The van der Waals surface area contributed by atoms with Crippen molar-refractivity contribution in [3.05, 3.63) is 16.6 Å². The normalized spacial score (nSPS) is 33.2. The Balaban J connectivity index is 1.56. The Kier molecular flexibility index (Phi) is 2.46. The maximum atomic E-state index is 12.0. The third kappa shape index (κ3) is 1.86. The lowest BCUT2D eigenvalue weighted by molar-refractivity contribution is -0.125. The number of hydrogen-bond donors (Lipinski definition) is 1. The summed E-state index contributed by atoms with van der Waals surface area (Å²) in [5, 5.41) is 6.02. The van der Waals surface area contributed by atoms with E-state index in [4.69, 9.17) is 0 Å². The Bertz CT molecular complexity index is 380. The summed E-state index contributed by atoms with van der Waals surface area (Å²) in [6, 6.07) is 0.0597. The fourth-order valence-electron chi connectivity index (χ4n) is 2.77. The van der Waals surface area contributed by atoms with E-state index in [1.165, 1.54) is 6.42 Å². The van der Waals surface area contributed by atoms with E-state index < -0.39 is 0 Å². The van der Waals surface area contributed by atoms with E-state index in [9.17, 15) is 4.79 Å². The van der Waals surface area contributed by atoms with Crippen LogP contribution < -0.4 is 5.32 Å². The van der Waals surface area contributed by atoms with Crippen molar-refractivity contribution in [1.82, 2.24) is 10.3 Å². The predicted octanol–water partition coefficient (Wildman–Crippen LogP) is 2.37. The van der Waals surface area contributed by atoms with Crippen molar-refractivity contribution in [3.63, 3.8) is 0 Å². The number of hydrogen-bond acceptors (Lipinski definition) is 3. The van der Waals surface area contributed by atoms with Crippen molar-refractivity contribution in [3.8, 4) is 0 Å². The van der Waals surface area contributed by atoms with Gasteiger partial charge in [0.25, 0.3) is 0 Å². The summed E-state index contributed by atoms with van der Waals surface area (Å²) in [5.74, 6) is 2.23. The molecule has 3 rings (SSSR count). The molecular formula is C12H16N2OS. The summed E-state index contributed by atoms with van der Waals surface area (Å²) in [5.41, 5.74) is 0. The maximum Gasteiger partial charge on any atom is 0.223 e. The minimum absolute atomic E-state index is 0.0597. The second-order valence-electron chi connectivity index (χ2n) is 5.02. The largest absolute Gasteiger partial charge is 0.347 e. The second-order valence-corrected chi connectivity index (χ2v) is 5.95. The van der Waals surface area contributed by atoms with Gasteiger partial charge < -0.3 is 5.32 Å². The van der Waals surface area contributed by atoms with Crippen LogP contribution in [-0.4, -0.2) is 10.9 Å². The van der Waals surface area contributed by atoms with Crippen LogP contribution >= 0.6 is 11.3 Å². The fourth-order valence-corrected chi connectivity index (χ4v) is 3.42. The lowest BCUT2D eigenvalue weighted by Gasteiger charge is -2.16. The van der Waals surface area contributed by atoms with Crippen LogP contribution in [0, 0.1) is 17.8 Å². The van der Waals surface area contributed by atoms with Crippen LogP contribution in [0.1, 0.15) is 37.2 Å². The van der Waals surface area contributed by atoms with Crippen molar-refractivity contribution in [2.75, 3.05) is 0 Å². The van der Waals surface area contributed by atoms with Crippen LogP contribution in [0.4, 0.5) is 0 Å². The van der Waals surface area contributed by atoms with E-state index in [1.807, 2.05) is 12.3 Å². The SMILES string of the molecule is CC(NC(=O)C1CC2CC2C1)c1nccs1. The molecule has 3 nitrogen and oxygen atoms in total. The van der Waals surface area contributed by atoms with Gasteiger partial charge in [-0.1, -0.05) is 0 Å². The Morgan fingerprint density at radius 3 is 2.88 bits per heavy atom. The van der Waals surface area contributed by atoms with Crippen molar-refractivity contribution < 1.29 is 4.79 Å². The van der Waals surface area contributed by atoms with E-state index in [-0.39, 0.29) is 17.9 Å². The van der Waals surface area contributed by atoms with Crippen LogP contribution in [0.15, 0.2) is 11.6 Å². The van der Waals surface area contributed by atoms with Crippen molar-refractivity contribution in [1.29, 1.82) is 0 Å². The fraction of sp³-hybridized carbons (Fsp3) is 0.667. The number of thiazole rings is 1. The number of nitrogens with zero attached hydrogens (tertiary/aromatic N) is 1. The minimum Gasteiger partial charge on any atom is -0.347 e. The Morgan fingerprint density at radius 1 is 1.50 bits per heavy atom. The first-order valence-electron chi connectivity index (χ1n) is 5.94. The van der Waals surface area contributed by atoms with Gasteiger partial charge in [0, 0.05) is 17.5 Å². The van der Waals surface area contributed by atoms with Gasteiger partial charge in [0.05, 0.1) is 6.04 Å². The zero-order chi connectivity index (χ0) is 11.1. The summed E-state index contributed by atoms with van der Waals surface area (Å²) in [7, 11) is 0. The quantitative estimate of drug-likeness (QED) is 0.875. The van der Waals surface area contributed by atoms with Crippen molar-refractivity contribution in [2.45, 2.75) is 32.2 Å². The number of amides is 1. The molecule has 3 atom stereocenters. The van der Waals surface area contributed by atoms with Crippen LogP contribution in [0.3, 0.4) is 0 Å². The molecule has 0 spiro atoms. The molecule has 1 aromatic heterocycles. The third-order valence-electron chi connectivity index (χ3n) is 3.79. The van der Waals surface area contributed by atoms with E-state index in [0.717, 1.165) is 29.7 Å². The second kappa shape index (κ2) is 3.84. The maximum absolute atomic E-state index is 12.0. The molecule has 2 saturated carbocycles. The number of fused-ring (bicyclic) bond motifs is 1. The highest BCUT2D eigenvalue weighted by Gasteiger charge is 2.48. The molecule has 16 heavy (non-hydrogen) atoms. The van der Waals surface area contributed by atoms with Crippen molar-refractivity contribution in [2.24, 2.45) is 17.8 Å². The number of carbonyl (C=O) groups excluding carboxylic acids is 1. The number of aromatic nitrogens is 1. The van der Waals surface area contributed by atoms with E-state index in [2.05, 4.69) is 10.3 Å². The summed E-state index contributed by atoms with van der Waals surface area (Å²) in [4.78, 5) is 16.2. The Morgan fingerprint density at radius 2 is 2.25 bits per heavy atom. The highest BCUT2D eigenvalue weighted by atomic mass is 32.1. The van der Waals surface area contributed by atoms with Gasteiger partial charge in [-0.25, -0.2) is 4.98 Å². The standard InChI is InChI=1S/C12H16N2OS/c1-7(12-13-2-3-16-12)14-11(15)10-5-8-4-9(8)6-10/h2-3,7-10H,4-6H2,1H3,(H,14,15). The smallest absolute Gasteiger partial charge is 0.223 e. The molecule has 0 aromatic carbocycles. The molecule has 2 aliphatic rings. The zero-order valence-corrected chi connectivity index (χ0v) is 10.2. The first-order valence-corrected chi connectivity index (χ1v) is 6.81. The van der Waals surface area contributed by atoms with Crippen LogP contribution in [-0.2, 0) is 4.79 Å². The van der Waals surface area contributed by atoms with Gasteiger partial charge in [0.1, 0.15) is 5.01 Å². The Labute approximate surface area is 99.3 Å². The molecule has 1 aromatic rings. The molecule has 1 amide bonds. The lowest BCUT2D eigenvalue weighted by Crippen LogP contribution is -2.32. The van der Waals surface area contributed by atoms with Crippen LogP contribution in [0.5, 0.6) is 0 Å². The molecule has 0 saturated heterocycles. The van der Waals surface area contributed by atoms with Gasteiger partial charge in [0.15, 0.2) is 0 Å². The molecule has 86 valence electrons. The summed E-state index contributed by atoms with van der Waals surface area (Å²) in [6.07, 6.45) is 5.38. The van der Waals surface area contributed by atoms with Gasteiger partial charge >= 0.3 is 0 Å². The average Bonchev–Trinajstić information content (AvgIpc) is 2.77. The van der Waals surface area contributed by atoms with Gasteiger partial charge in [-0.15, -0.1) is 11.3 Å². The topological polar surface area (TPSA) is 42.0 Å². The zero-order valence-electron chi connectivity index (χ0n) is 9.35. The monoisotopic (exact) mass is 236 g/mol. The molecule has 0 bridgehead atoms. The molecule has 1 N–H and O–H groups in total. The molecular weight excluding hydrogens is 220 g/mol. The Hall–Kier alpha value is -0.900.